The molecular weight excluding hydrogens is 272 g/mol. The van der Waals surface area contributed by atoms with Crippen LogP contribution in [0.2, 0.25) is 0 Å². The molecule has 3 rings (SSSR count). The van der Waals surface area contributed by atoms with E-state index in [0.717, 1.165) is 32.1 Å². The SMILES string of the molecule is CCC1(C)CCC2(C)C(CCC3C(C)(CO)CCCC32O)C1. The molecule has 0 aromatic heterocycles. The summed E-state index contributed by atoms with van der Waals surface area (Å²) in [5.74, 6) is 0.944. The fraction of sp³-hybridized carbons (Fsp3) is 1.00. The minimum atomic E-state index is -0.555. The Balaban J connectivity index is 1.94. The van der Waals surface area contributed by atoms with Gasteiger partial charge in [-0.2, -0.15) is 0 Å². The van der Waals surface area contributed by atoms with Crippen molar-refractivity contribution in [2.24, 2.45) is 28.1 Å². The minimum Gasteiger partial charge on any atom is -0.396 e. The van der Waals surface area contributed by atoms with Gasteiger partial charge in [-0.25, -0.2) is 0 Å². The average Bonchev–Trinajstić information content (AvgIpc) is 2.49. The van der Waals surface area contributed by atoms with Crippen LogP contribution >= 0.6 is 0 Å². The minimum absolute atomic E-state index is 0.0570. The third-order valence-electron chi connectivity index (χ3n) is 8.62. The number of rotatable bonds is 2. The fourth-order valence-electron chi connectivity index (χ4n) is 6.51. The maximum Gasteiger partial charge on any atom is 0.0737 e. The van der Waals surface area contributed by atoms with Crippen molar-refractivity contribution < 1.29 is 10.2 Å². The molecule has 22 heavy (non-hydrogen) atoms. The Bertz CT molecular complexity index is 435. The lowest BCUT2D eigenvalue weighted by molar-refractivity contribution is -0.246. The molecule has 0 radical (unpaired) electrons. The molecule has 6 unspecified atom stereocenters. The van der Waals surface area contributed by atoms with Crippen molar-refractivity contribution in [3.8, 4) is 0 Å². The van der Waals surface area contributed by atoms with Crippen LogP contribution in [0.5, 0.6) is 0 Å². The standard InChI is InChI=1S/C20H36O2/c1-5-17(2)11-12-19(4)15(13-17)7-8-16-18(3,14-21)9-6-10-20(16,19)22/h15-16,21-22H,5-14H2,1-4H3. The van der Waals surface area contributed by atoms with E-state index in [2.05, 4.69) is 27.7 Å². The summed E-state index contributed by atoms with van der Waals surface area (Å²) in [5, 5.41) is 21.8. The Hall–Kier alpha value is -0.0800. The highest BCUT2D eigenvalue weighted by atomic mass is 16.3. The molecule has 0 heterocycles. The van der Waals surface area contributed by atoms with Gasteiger partial charge in [0.25, 0.3) is 0 Å². The maximum atomic E-state index is 11.8. The van der Waals surface area contributed by atoms with Crippen molar-refractivity contribution in [3.05, 3.63) is 0 Å². The molecule has 3 aliphatic carbocycles. The summed E-state index contributed by atoms with van der Waals surface area (Å²) < 4.78 is 0. The van der Waals surface area contributed by atoms with E-state index in [-0.39, 0.29) is 23.4 Å². The van der Waals surface area contributed by atoms with Gasteiger partial charge in [-0.05, 0) is 79.4 Å². The first-order valence-corrected chi connectivity index (χ1v) is 9.56. The van der Waals surface area contributed by atoms with Gasteiger partial charge in [0.15, 0.2) is 0 Å². The molecule has 128 valence electrons. The summed E-state index contributed by atoms with van der Waals surface area (Å²) in [6, 6.07) is 0. The molecule has 6 atom stereocenters. The summed E-state index contributed by atoms with van der Waals surface area (Å²) in [7, 11) is 0. The van der Waals surface area contributed by atoms with E-state index in [0.29, 0.717) is 11.3 Å². The molecular formula is C20H36O2. The molecule has 0 aliphatic heterocycles. The summed E-state index contributed by atoms with van der Waals surface area (Å²) >= 11 is 0. The molecule has 0 amide bonds. The zero-order valence-electron chi connectivity index (χ0n) is 15.1. The van der Waals surface area contributed by atoms with Crippen LogP contribution in [0.1, 0.15) is 85.5 Å². The van der Waals surface area contributed by atoms with E-state index < -0.39 is 5.60 Å². The number of fused-ring (bicyclic) bond motifs is 3. The average molecular weight is 309 g/mol. The Labute approximate surface area is 136 Å². The highest BCUT2D eigenvalue weighted by Gasteiger charge is 2.64. The monoisotopic (exact) mass is 308 g/mol. The number of aliphatic hydroxyl groups is 2. The molecule has 0 aromatic carbocycles. The zero-order valence-corrected chi connectivity index (χ0v) is 15.1. The molecule has 0 aromatic rings. The Morgan fingerprint density at radius 3 is 2.36 bits per heavy atom. The Morgan fingerprint density at radius 2 is 1.73 bits per heavy atom. The van der Waals surface area contributed by atoms with Crippen LogP contribution in [0.15, 0.2) is 0 Å². The normalized spacial score (nSPS) is 55.4. The van der Waals surface area contributed by atoms with Crippen molar-refractivity contribution in [3.63, 3.8) is 0 Å². The molecule has 2 heteroatoms. The first-order valence-electron chi connectivity index (χ1n) is 9.56. The van der Waals surface area contributed by atoms with Crippen LogP contribution in [0, 0.1) is 28.1 Å². The highest BCUT2D eigenvalue weighted by molar-refractivity contribution is 5.14. The Morgan fingerprint density at radius 1 is 1.00 bits per heavy atom. The molecule has 2 nitrogen and oxygen atoms in total. The fourth-order valence-corrected chi connectivity index (χ4v) is 6.51. The largest absolute Gasteiger partial charge is 0.396 e. The van der Waals surface area contributed by atoms with Crippen molar-refractivity contribution >= 4 is 0 Å². The number of hydrogen-bond donors (Lipinski definition) is 2. The van der Waals surface area contributed by atoms with Gasteiger partial charge in [-0.1, -0.05) is 34.1 Å². The van der Waals surface area contributed by atoms with Gasteiger partial charge in [0.1, 0.15) is 0 Å². The molecule has 0 bridgehead atoms. The van der Waals surface area contributed by atoms with Crippen LogP contribution in [0.4, 0.5) is 0 Å². The predicted molar refractivity (Wildman–Crippen MR) is 90.6 cm³/mol. The van der Waals surface area contributed by atoms with Gasteiger partial charge in [0.2, 0.25) is 0 Å². The van der Waals surface area contributed by atoms with E-state index in [4.69, 9.17) is 0 Å². The van der Waals surface area contributed by atoms with Gasteiger partial charge in [-0.3, -0.25) is 0 Å². The van der Waals surface area contributed by atoms with Crippen molar-refractivity contribution in [1.29, 1.82) is 0 Å². The Kier molecular flexibility index (Phi) is 3.97. The first-order chi connectivity index (χ1) is 10.2. The molecule has 3 saturated carbocycles. The molecule has 3 aliphatic rings. The van der Waals surface area contributed by atoms with Crippen LogP contribution < -0.4 is 0 Å². The predicted octanol–water partition coefficient (Wildman–Crippen LogP) is 4.53. The lowest BCUT2D eigenvalue weighted by Gasteiger charge is -2.66. The second-order valence-electron chi connectivity index (χ2n) is 9.70. The van der Waals surface area contributed by atoms with Gasteiger partial charge in [-0.15, -0.1) is 0 Å². The van der Waals surface area contributed by atoms with Gasteiger partial charge in [0.05, 0.1) is 5.60 Å². The number of aliphatic hydroxyl groups excluding tert-OH is 1. The third kappa shape index (κ3) is 2.13. The van der Waals surface area contributed by atoms with Crippen LogP contribution in [0.25, 0.3) is 0 Å². The van der Waals surface area contributed by atoms with Crippen molar-refractivity contribution in [2.45, 2.75) is 91.1 Å². The first kappa shape index (κ1) is 16.8. The lowest BCUT2D eigenvalue weighted by atomic mass is 9.41. The summed E-state index contributed by atoms with van der Waals surface area (Å²) in [6.45, 7) is 9.59. The van der Waals surface area contributed by atoms with Gasteiger partial charge >= 0.3 is 0 Å². The molecule has 0 spiro atoms. The highest BCUT2D eigenvalue weighted by Crippen LogP contribution is 2.66. The summed E-state index contributed by atoms with van der Waals surface area (Å²) in [4.78, 5) is 0. The molecule has 3 fully saturated rings. The van der Waals surface area contributed by atoms with Gasteiger partial charge < -0.3 is 10.2 Å². The zero-order chi connectivity index (χ0) is 16.2. The van der Waals surface area contributed by atoms with Crippen LogP contribution in [-0.4, -0.2) is 22.4 Å². The molecule has 2 N–H and O–H groups in total. The second-order valence-corrected chi connectivity index (χ2v) is 9.70. The maximum absolute atomic E-state index is 11.8. The quantitative estimate of drug-likeness (QED) is 0.786. The van der Waals surface area contributed by atoms with E-state index >= 15 is 0 Å². The topological polar surface area (TPSA) is 40.5 Å². The summed E-state index contributed by atoms with van der Waals surface area (Å²) in [6.07, 6.45) is 10.4. The van der Waals surface area contributed by atoms with Crippen LogP contribution in [0.3, 0.4) is 0 Å². The van der Waals surface area contributed by atoms with E-state index in [1.54, 1.807) is 0 Å². The van der Waals surface area contributed by atoms with Crippen molar-refractivity contribution in [2.75, 3.05) is 6.61 Å². The third-order valence-corrected chi connectivity index (χ3v) is 8.62. The van der Waals surface area contributed by atoms with Gasteiger partial charge in [0, 0.05) is 6.61 Å². The lowest BCUT2D eigenvalue weighted by Crippen LogP contribution is -2.66. The molecule has 0 saturated heterocycles. The number of hydrogen-bond acceptors (Lipinski definition) is 2. The van der Waals surface area contributed by atoms with Crippen molar-refractivity contribution in [1.82, 2.24) is 0 Å². The second kappa shape index (κ2) is 5.21. The summed E-state index contributed by atoms with van der Waals surface area (Å²) in [5.41, 5.74) is -0.100. The van der Waals surface area contributed by atoms with E-state index in [1.165, 1.54) is 25.7 Å². The van der Waals surface area contributed by atoms with E-state index in [1.807, 2.05) is 0 Å². The van der Waals surface area contributed by atoms with E-state index in [9.17, 15) is 10.2 Å². The smallest absolute Gasteiger partial charge is 0.0737 e. The van der Waals surface area contributed by atoms with Crippen LogP contribution in [-0.2, 0) is 0 Å².